The highest BCUT2D eigenvalue weighted by Gasteiger charge is 2.22. The van der Waals surface area contributed by atoms with Crippen LogP contribution in [0.4, 0.5) is 5.69 Å². The summed E-state index contributed by atoms with van der Waals surface area (Å²) >= 11 is 0. The highest BCUT2D eigenvalue weighted by molar-refractivity contribution is 7.90. The van der Waals surface area contributed by atoms with E-state index in [2.05, 4.69) is 5.32 Å². The fourth-order valence-corrected chi connectivity index (χ4v) is 4.41. The second kappa shape index (κ2) is 8.79. The van der Waals surface area contributed by atoms with Crippen molar-refractivity contribution < 1.29 is 22.7 Å². The van der Waals surface area contributed by atoms with Gasteiger partial charge >= 0.3 is 0 Å². The normalized spacial score (nSPS) is 12.5. The Hall–Kier alpha value is -3.00. The van der Waals surface area contributed by atoms with Crippen LogP contribution in [-0.4, -0.2) is 44.6 Å². The Balaban J connectivity index is 2.13. The first-order valence-corrected chi connectivity index (χ1v) is 11.6. The summed E-state index contributed by atoms with van der Waals surface area (Å²) in [5.41, 5.74) is 1.47. The number of nitrogens with zero attached hydrogens (tertiary/aromatic N) is 1. The van der Waals surface area contributed by atoms with E-state index >= 15 is 0 Å². The molecule has 0 saturated carbocycles. The molecule has 0 fully saturated rings. The highest BCUT2D eigenvalue weighted by Crippen LogP contribution is 2.34. The molecular formula is C22H26N2O5S. The number of ether oxygens (including phenoxy) is 2. The summed E-state index contributed by atoms with van der Waals surface area (Å²) in [7, 11) is -1.73. The van der Waals surface area contributed by atoms with E-state index in [0.29, 0.717) is 23.8 Å². The molecule has 1 atom stereocenters. The van der Waals surface area contributed by atoms with Crippen molar-refractivity contribution in [3.8, 4) is 11.5 Å². The van der Waals surface area contributed by atoms with Crippen LogP contribution in [0.15, 0.2) is 48.8 Å². The molecule has 1 aromatic heterocycles. The zero-order valence-electron chi connectivity index (χ0n) is 17.5. The number of aromatic nitrogens is 1. The number of nitrogens with one attached hydrogen (secondary N) is 1. The summed E-state index contributed by atoms with van der Waals surface area (Å²) in [5, 5.41) is 4.56. The van der Waals surface area contributed by atoms with Crippen LogP contribution >= 0.6 is 0 Å². The van der Waals surface area contributed by atoms with E-state index in [-0.39, 0.29) is 11.7 Å². The number of carbonyl (C=O) groups excluding carboxylic acids is 1. The van der Waals surface area contributed by atoms with Crippen LogP contribution in [0, 0.1) is 0 Å². The predicted octanol–water partition coefficient (Wildman–Crippen LogP) is 3.64. The molecule has 1 N–H and O–H groups in total. The summed E-state index contributed by atoms with van der Waals surface area (Å²) in [4.78, 5) is 11.5. The van der Waals surface area contributed by atoms with Crippen molar-refractivity contribution in [3.05, 3.63) is 54.4 Å². The summed E-state index contributed by atoms with van der Waals surface area (Å²) in [5.74, 6) is 0.900. The smallest absolute Gasteiger partial charge is 0.221 e. The number of hydrogen-bond acceptors (Lipinski definition) is 5. The van der Waals surface area contributed by atoms with E-state index in [1.807, 2.05) is 54.2 Å². The van der Waals surface area contributed by atoms with Gasteiger partial charge in [-0.25, -0.2) is 8.42 Å². The number of fused-ring (bicyclic) bond motifs is 1. The van der Waals surface area contributed by atoms with Gasteiger partial charge in [0.15, 0.2) is 11.5 Å². The van der Waals surface area contributed by atoms with Crippen molar-refractivity contribution in [2.75, 3.05) is 31.0 Å². The quantitative estimate of drug-likeness (QED) is 0.590. The molecule has 3 rings (SSSR count). The monoisotopic (exact) mass is 430 g/mol. The summed E-state index contributed by atoms with van der Waals surface area (Å²) in [6, 6.07) is 10.6. The number of carbonyl (C=O) groups is 1. The first-order chi connectivity index (χ1) is 14.2. The molecule has 2 aromatic carbocycles. The van der Waals surface area contributed by atoms with Crippen molar-refractivity contribution in [1.29, 1.82) is 0 Å². The first kappa shape index (κ1) is 21.7. The number of sulfone groups is 1. The average Bonchev–Trinajstić information content (AvgIpc) is 3.10. The Bertz CT molecular complexity index is 1170. The molecule has 0 bridgehead atoms. The van der Waals surface area contributed by atoms with E-state index in [9.17, 15) is 13.2 Å². The molecule has 3 aromatic rings. The number of benzene rings is 2. The molecule has 1 amide bonds. The van der Waals surface area contributed by atoms with Gasteiger partial charge in [-0.1, -0.05) is 18.2 Å². The molecule has 1 heterocycles. The van der Waals surface area contributed by atoms with Crippen LogP contribution in [0.25, 0.3) is 10.8 Å². The lowest BCUT2D eigenvalue weighted by Gasteiger charge is -2.20. The highest BCUT2D eigenvalue weighted by atomic mass is 32.2. The number of rotatable bonds is 8. The van der Waals surface area contributed by atoms with Gasteiger partial charge in [0.1, 0.15) is 9.84 Å². The fraction of sp³-hybridized carbons (Fsp3) is 0.318. The van der Waals surface area contributed by atoms with Crippen molar-refractivity contribution >= 4 is 32.2 Å². The van der Waals surface area contributed by atoms with E-state index in [1.54, 1.807) is 13.2 Å². The van der Waals surface area contributed by atoms with Crippen molar-refractivity contribution in [2.24, 2.45) is 0 Å². The van der Waals surface area contributed by atoms with Gasteiger partial charge in [0.2, 0.25) is 5.91 Å². The van der Waals surface area contributed by atoms with E-state index in [1.165, 1.54) is 13.2 Å². The van der Waals surface area contributed by atoms with Crippen LogP contribution in [0.2, 0.25) is 0 Å². The van der Waals surface area contributed by atoms with Gasteiger partial charge in [-0.05, 0) is 30.7 Å². The van der Waals surface area contributed by atoms with Gasteiger partial charge in [-0.2, -0.15) is 0 Å². The Morgan fingerprint density at radius 2 is 1.93 bits per heavy atom. The average molecular weight is 431 g/mol. The van der Waals surface area contributed by atoms with Gasteiger partial charge in [-0.15, -0.1) is 0 Å². The molecule has 0 saturated heterocycles. The van der Waals surface area contributed by atoms with Gasteiger partial charge in [0.05, 0.1) is 31.2 Å². The number of amides is 1. The van der Waals surface area contributed by atoms with Gasteiger partial charge in [0, 0.05) is 36.3 Å². The topological polar surface area (TPSA) is 86.6 Å². The largest absolute Gasteiger partial charge is 0.493 e. The zero-order valence-corrected chi connectivity index (χ0v) is 18.3. The maximum Gasteiger partial charge on any atom is 0.221 e. The van der Waals surface area contributed by atoms with Crippen molar-refractivity contribution in [3.63, 3.8) is 0 Å². The summed E-state index contributed by atoms with van der Waals surface area (Å²) in [6.07, 6.45) is 4.97. The van der Waals surface area contributed by atoms with Crippen molar-refractivity contribution in [1.82, 2.24) is 4.57 Å². The number of anilines is 1. The summed E-state index contributed by atoms with van der Waals surface area (Å²) in [6.45, 7) is 3.79. The molecule has 0 spiro atoms. The Morgan fingerprint density at radius 1 is 1.17 bits per heavy atom. The molecule has 0 radical (unpaired) electrons. The predicted molar refractivity (Wildman–Crippen MR) is 118 cm³/mol. The standard InChI is InChI=1S/C22H26N2O5S/c1-5-29-22-11-16(9-10-21(22)28-3)20(14-30(4,26)27)24-12-17-7-6-8-19(18(17)13-24)23-15(2)25/h6-13,20H,5,14H2,1-4H3,(H,23,25). The fourth-order valence-electron chi connectivity index (χ4n) is 3.48. The third-order valence-corrected chi connectivity index (χ3v) is 5.63. The Labute approximate surface area is 176 Å². The van der Waals surface area contributed by atoms with Crippen LogP contribution in [0.1, 0.15) is 25.5 Å². The van der Waals surface area contributed by atoms with Crippen LogP contribution < -0.4 is 14.8 Å². The third kappa shape index (κ3) is 4.94. The molecule has 8 heteroatoms. The molecule has 0 aliphatic carbocycles. The molecular weight excluding hydrogens is 404 g/mol. The minimum atomic E-state index is -3.29. The zero-order chi connectivity index (χ0) is 21.9. The lowest BCUT2D eigenvalue weighted by Crippen LogP contribution is -2.19. The lowest BCUT2D eigenvalue weighted by molar-refractivity contribution is -0.114. The Morgan fingerprint density at radius 3 is 2.57 bits per heavy atom. The maximum absolute atomic E-state index is 12.2. The second-order valence-corrected chi connectivity index (χ2v) is 9.33. The molecule has 0 aliphatic rings. The maximum atomic E-state index is 12.2. The van der Waals surface area contributed by atoms with Crippen LogP contribution in [0.5, 0.6) is 11.5 Å². The van der Waals surface area contributed by atoms with Gasteiger partial charge in [-0.3, -0.25) is 4.79 Å². The van der Waals surface area contributed by atoms with E-state index in [4.69, 9.17) is 9.47 Å². The molecule has 0 aliphatic heterocycles. The van der Waals surface area contributed by atoms with Crippen LogP contribution in [-0.2, 0) is 14.6 Å². The second-order valence-electron chi connectivity index (χ2n) is 7.15. The number of hydrogen-bond donors (Lipinski definition) is 1. The lowest BCUT2D eigenvalue weighted by atomic mass is 10.1. The summed E-state index contributed by atoms with van der Waals surface area (Å²) < 4.78 is 37.3. The van der Waals surface area contributed by atoms with E-state index < -0.39 is 15.9 Å². The van der Waals surface area contributed by atoms with Crippen LogP contribution in [0.3, 0.4) is 0 Å². The SMILES string of the molecule is CCOc1cc(C(CS(C)(=O)=O)n2cc3cccc(NC(C)=O)c3c2)ccc1OC. The molecule has 7 nitrogen and oxygen atoms in total. The number of methoxy groups -OCH3 is 1. The van der Waals surface area contributed by atoms with Gasteiger partial charge in [0.25, 0.3) is 0 Å². The minimum Gasteiger partial charge on any atom is -0.493 e. The van der Waals surface area contributed by atoms with Crippen molar-refractivity contribution in [2.45, 2.75) is 19.9 Å². The minimum absolute atomic E-state index is 0.0820. The third-order valence-electron chi connectivity index (χ3n) is 4.71. The molecule has 160 valence electrons. The molecule has 1 unspecified atom stereocenters. The van der Waals surface area contributed by atoms with E-state index in [0.717, 1.165) is 16.3 Å². The van der Waals surface area contributed by atoms with Gasteiger partial charge < -0.3 is 19.4 Å². The molecule has 30 heavy (non-hydrogen) atoms. The first-order valence-electron chi connectivity index (χ1n) is 9.58. The Kier molecular flexibility index (Phi) is 6.36.